The fraction of sp³-hybridized carbons (Fsp3) is 0.667. The zero-order valence-corrected chi connectivity index (χ0v) is 9.56. The molecule has 0 aliphatic carbocycles. The molecule has 0 spiro atoms. The third-order valence-electron chi connectivity index (χ3n) is 2.88. The predicted octanol–water partition coefficient (Wildman–Crippen LogP) is 1.78. The van der Waals surface area contributed by atoms with Crippen molar-refractivity contribution in [1.29, 1.82) is 0 Å². The number of aromatic nitrogens is 2. The molecule has 4 nitrogen and oxygen atoms in total. The van der Waals surface area contributed by atoms with E-state index in [1.807, 2.05) is 0 Å². The van der Waals surface area contributed by atoms with Gasteiger partial charge in [-0.1, -0.05) is 6.42 Å². The third kappa shape index (κ3) is 3.77. The van der Waals surface area contributed by atoms with E-state index in [-0.39, 0.29) is 0 Å². The summed E-state index contributed by atoms with van der Waals surface area (Å²) in [6, 6.07) is 2.96. The number of hydrogen-bond acceptors (Lipinski definition) is 4. The lowest BCUT2D eigenvalue weighted by Gasteiger charge is -2.23. The van der Waals surface area contributed by atoms with E-state index in [2.05, 4.69) is 15.3 Å². The van der Waals surface area contributed by atoms with Crippen molar-refractivity contribution >= 4 is 0 Å². The Morgan fingerprint density at radius 2 is 2.19 bits per heavy atom. The van der Waals surface area contributed by atoms with E-state index >= 15 is 0 Å². The summed E-state index contributed by atoms with van der Waals surface area (Å²) >= 11 is 0. The second-order valence-electron chi connectivity index (χ2n) is 4.17. The van der Waals surface area contributed by atoms with Crippen molar-refractivity contribution in [3.8, 4) is 6.01 Å². The molecular formula is C12H19N3O. The maximum Gasteiger partial charge on any atom is 0.316 e. The highest BCUT2D eigenvalue weighted by Gasteiger charge is 2.11. The number of rotatable bonds is 5. The van der Waals surface area contributed by atoms with Crippen LogP contribution < -0.4 is 10.1 Å². The van der Waals surface area contributed by atoms with Gasteiger partial charge in [0.1, 0.15) is 0 Å². The molecule has 1 fully saturated rings. The first-order chi connectivity index (χ1) is 7.95. The molecule has 4 heteroatoms. The van der Waals surface area contributed by atoms with Crippen molar-refractivity contribution in [1.82, 2.24) is 15.3 Å². The molecule has 1 atom stereocenters. The van der Waals surface area contributed by atoms with Crippen molar-refractivity contribution in [2.75, 3.05) is 13.2 Å². The molecule has 0 amide bonds. The highest BCUT2D eigenvalue weighted by molar-refractivity contribution is 4.92. The molecule has 16 heavy (non-hydrogen) atoms. The Hall–Kier alpha value is -1.16. The minimum Gasteiger partial charge on any atom is -0.463 e. The summed E-state index contributed by atoms with van der Waals surface area (Å²) in [4.78, 5) is 8.03. The SMILES string of the molecule is c1cnc(OCCC[C@@H]2CCCCN2)nc1. The summed E-state index contributed by atoms with van der Waals surface area (Å²) in [5, 5.41) is 3.53. The van der Waals surface area contributed by atoms with Crippen molar-refractivity contribution in [3.63, 3.8) is 0 Å². The minimum absolute atomic E-state index is 0.485. The van der Waals surface area contributed by atoms with E-state index in [0.717, 1.165) is 6.42 Å². The molecule has 0 bridgehead atoms. The number of nitrogens with one attached hydrogen (secondary N) is 1. The average Bonchev–Trinajstić information content (AvgIpc) is 2.37. The fourth-order valence-corrected chi connectivity index (χ4v) is 2.02. The van der Waals surface area contributed by atoms with Gasteiger partial charge < -0.3 is 10.1 Å². The molecule has 2 rings (SSSR count). The van der Waals surface area contributed by atoms with Crippen LogP contribution in [0.15, 0.2) is 18.5 Å². The Bertz CT molecular complexity index is 286. The van der Waals surface area contributed by atoms with Crippen LogP contribution in [0.4, 0.5) is 0 Å². The van der Waals surface area contributed by atoms with Crippen LogP contribution in [-0.4, -0.2) is 29.2 Å². The molecule has 1 aromatic rings. The van der Waals surface area contributed by atoms with Gasteiger partial charge in [0, 0.05) is 18.4 Å². The van der Waals surface area contributed by atoms with Gasteiger partial charge in [0.05, 0.1) is 6.61 Å². The molecule has 0 aromatic carbocycles. The van der Waals surface area contributed by atoms with E-state index < -0.39 is 0 Å². The first-order valence-electron chi connectivity index (χ1n) is 6.08. The summed E-state index contributed by atoms with van der Waals surface area (Å²) in [5.74, 6) is 0. The van der Waals surface area contributed by atoms with E-state index in [9.17, 15) is 0 Å². The normalized spacial score (nSPS) is 20.6. The van der Waals surface area contributed by atoms with Crippen molar-refractivity contribution in [2.45, 2.75) is 38.1 Å². The molecule has 1 aliphatic rings. The number of hydrogen-bond donors (Lipinski definition) is 1. The fourth-order valence-electron chi connectivity index (χ4n) is 2.02. The predicted molar refractivity (Wildman–Crippen MR) is 62.4 cm³/mol. The summed E-state index contributed by atoms with van der Waals surface area (Å²) in [6.07, 6.45) is 9.64. The maximum atomic E-state index is 5.45. The number of piperidine rings is 1. The Kier molecular flexibility index (Phi) is 4.55. The number of nitrogens with zero attached hydrogens (tertiary/aromatic N) is 2. The molecule has 1 aliphatic heterocycles. The van der Waals surface area contributed by atoms with E-state index in [1.165, 1.54) is 32.2 Å². The van der Waals surface area contributed by atoms with Crippen molar-refractivity contribution in [2.24, 2.45) is 0 Å². The molecule has 1 N–H and O–H groups in total. The summed E-state index contributed by atoms with van der Waals surface area (Å²) in [5.41, 5.74) is 0. The lowest BCUT2D eigenvalue weighted by molar-refractivity contribution is 0.267. The highest BCUT2D eigenvalue weighted by atomic mass is 16.5. The van der Waals surface area contributed by atoms with Gasteiger partial charge in [-0.15, -0.1) is 0 Å². The molecular weight excluding hydrogens is 202 g/mol. The molecule has 1 saturated heterocycles. The Balaban J connectivity index is 1.58. The largest absolute Gasteiger partial charge is 0.463 e. The zero-order chi connectivity index (χ0) is 11.1. The molecule has 2 heterocycles. The monoisotopic (exact) mass is 221 g/mol. The van der Waals surface area contributed by atoms with Gasteiger partial charge in [-0.25, -0.2) is 9.97 Å². The van der Waals surface area contributed by atoms with Crippen LogP contribution in [0.2, 0.25) is 0 Å². The molecule has 1 aromatic heterocycles. The highest BCUT2D eigenvalue weighted by Crippen LogP contribution is 2.11. The van der Waals surface area contributed by atoms with Crippen LogP contribution in [0, 0.1) is 0 Å². The van der Waals surface area contributed by atoms with E-state index in [1.54, 1.807) is 18.5 Å². The zero-order valence-electron chi connectivity index (χ0n) is 9.56. The van der Waals surface area contributed by atoms with Gasteiger partial charge in [-0.05, 0) is 38.3 Å². The first-order valence-corrected chi connectivity index (χ1v) is 6.08. The summed E-state index contributed by atoms with van der Waals surface area (Å²) in [7, 11) is 0. The van der Waals surface area contributed by atoms with Crippen LogP contribution in [-0.2, 0) is 0 Å². The average molecular weight is 221 g/mol. The second kappa shape index (κ2) is 6.43. The Labute approximate surface area is 96.4 Å². The summed E-state index contributed by atoms with van der Waals surface area (Å²) < 4.78 is 5.45. The quantitative estimate of drug-likeness (QED) is 0.770. The smallest absolute Gasteiger partial charge is 0.316 e. The van der Waals surface area contributed by atoms with Crippen LogP contribution in [0.5, 0.6) is 6.01 Å². The van der Waals surface area contributed by atoms with Crippen LogP contribution in [0.3, 0.4) is 0 Å². The molecule has 0 unspecified atom stereocenters. The van der Waals surface area contributed by atoms with Crippen molar-refractivity contribution < 1.29 is 4.74 Å². The lowest BCUT2D eigenvalue weighted by atomic mass is 10.0. The third-order valence-corrected chi connectivity index (χ3v) is 2.88. The molecule has 0 saturated carbocycles. The first kappa shape index (κ1) is 11.3. The van der Waals surface area contributed by atoms with Gasteiger partial charge in [0.2, 0.25) is 0 Å². The van der Waals surface area contributed by atoms with Gasteiger partial charge in [-0.3, -0.25) is 0 Å². The Morgan fingerprint density at radius 1 is 1.31 bits per heavy atom. The van der Waals surface area contributed by atoms with Gasteiger partial charge in [-0.2, -0.15) is 0 Å². The van der Waals surface area contributed by atoms with Crippen molar-refractivity contribution in [3.05, 3.63) is 18.5 Å². The van der Waals surface area contributed by atoms with Gasteiger partial charge >= 0.3 is 6.01 Å². The number of ether oxygens (including phenoxy) is 1. The van der Waals surface area contributed by atoms with E-state index in [0.29, 0.717) is 18.7 Å². The molecule has 0 radical (unpaired) electrons. The second-order valence-corrected chi connectivity index (χ2v) is 4.17. The van der Waals surface area contributed by atoms with Crippen LogP contribution in [0.1, 0.15) is 32.1 Å². The molecule has 88 valence electrons. The summed E-state index contributed by atoms with van der Waals surface area (Å²) in [6.45, 7) is 1.88. The van der Waals surface area contributed by atoms with Crippen LogP contribution >= 0.6 is 0 Å². The van der Waals surface area contributed by atoms with Gasteiger partial charge in [0.25, 0.3) is 0 Å². The standard InChI is InChI=1S/C12H19N3O/c1-2-7-13-11(5-1)6-3-10-16-12-14-8-4-9-15-12/h4,8-9,11,13H,1-3,5-7,10H2/t11-/m0/s1. The van der Waals surface area contributed by atoms with Crippen LogP contribution in [0.25, 0.3) is 0 Å². The Morgan fingerprint density at radius 3 is 2.94 bits per heavy atom. The topological polar surface area (TPSA) is 47.0 Å². The van der Waals surface area contributed by atoms with E-state index in [4.69, 9.17) is 4.74 Å². The minimum atomic E-state index is 0.485. The maximum absolute atomic E-state index is 5.45. The lowest BCUT2D eigenvalue weighted by Crippen LogP contribution is -2.34. The van der Waals surface area contributed by atoms with Gasteiger partial charge in [0.15, 0.2) is 0 Å².